The lowest BCUT2D eigenvalue weighted by Gasteiger charge is -2.12. The van der Waals surface area contributed by atoms with Crippen LogP contribution in [0, 0.1) is 0 Å². The Morgan fingerprint density at radius 3 is 2.09 bits per heavy atom. The number of thiophene rings is 1. The van der Waals surface area contributed by atoms with Gasteiger partial charge in [0.05, 0.1) is 27.6 Å². The lowest BCUT2D eigenvalue weighted by atomic mass is 10.0. The Hall–Kier alpha value is -5.52. The number of imidazole rings is 1. The van der Waals surface area contributed by atoms with Gasteiger partial charge in [0.15, 0.2) is 0 Å². The molecule has 0 spiro atoms. The summed E-state index contributed by atoms with van der Waals surface area (Å²) in [7, 11) is 0. The van der Waals surface area contributed by atoms with Crippen molar-refractivity contribution >= 4 is 80.9 Å². The standard InChI is InChI=1S/C38H22N4S/c1-4-15-30-28(12-1)37-39-31-16-5-7-18-34(31)42(37)38(40-30)41-32-17-6-2-10-25(32)29-22-23(20-21-33(29)41)24-13-9-14-27-26-11-3-8-19-35(26)43-36(24)27/h1-22H. The molecule has 0 bridgehead atoms. The molecule has 4 nitrogen and oxygen atoms in total. The summed E-state index contributed by atoms with van der Waals surface area (Å²) in [5.41, 5.74) is 8.58. The van der Waals surface area contributed by atoms with Crippen molar-refractivity contribution in [3.8, 4) is 17.1 Å². The summed E-state index contributed by atoms with van der Waals surface area (Å²) >= 11 is 1.87. The van der Waals surface area contributed by atoms with Crippen LogP contribution in [0.25, 0.3) is 86.6 Å². The van der Waals surface area contributed by atoms with E-state index in [0.29, 0.717) is 0 Å². The highest BCUT2D eigenvalue weighted by molar-refractivity contribution is 7.26. The van der Waals surface area contributed by atoms with Crippen LogP contribution in [-0.2, 0) is 0 Å². The second-order valence-electron chi connectivity index (χ2n) is 11.1. The van der Waals surface area contributed by atoms with Gasteiger partial charge in [-0.3, -0.25) is 8.97 Å². The molecule has 0 unspecified atom stereocenters. The van der Waals surface area contributed by atoms with Crippen LogP contribution in [-0.4, -0.2) is 18.9 Å². The first-order valence-corrected chi connectivity index (χ1v) is 15.3. The Kier molecular flexibility index (Phi) is 4.57. The molecule has 6 aromatic carbocycles. The van der Waals surface area contributed by atoms with E-state index in [-0.39, 0.29) is 0 Å². The Morgan fingerprint density at radius 2 is 1.19 bits per heavy atom. The van der Waals surface area contributed by atoms with Crippen LogP contribution in [0.15, 0.2) is 133 Å². The van der Waals surface area contributed by atoms with Gasteiger partial charge in [0.25, 0.3) is 0 Å². The molecule has 4 heterocycles. The zero-order chi connectivity index (χ0) is 28.1. The first-order chi connectivity index (χ1) is 21.3. The summed E-state index contributed by atoms with van der Waals surface area (Å²) in [4.78, 5) is 10.4. The third-order valence-corrected chi connectivity index (χ3v) is 9.93. The fourth-order valence-electron chi connectivity index (χ4n) is 6.81. The Labute approximate surface area is 249 Å². The molecule has 10 aromatic rings. The molecule has 0 aliphatic heterocycles. The second kappa shape index (κ2) is 8.51. The fourth-order valence-corrected chi connectivity index (χ4v) is 8.05. The van der Waals surface area contributed by atoms with Crippen LogP contribution in [0.4, 0.5) is 0 Å². The van der Waals surface area contributed by atoms with Gasteiger partial charge in [-0.1, -0.05) is 84.9 Å². The van der Waals surface area contributed by atoms with Crippen LogP contribution < -0.4 is 0 Å². The van der Waals surface area contributed by atoms with Gasteiger partial charge in [0, 0.05) is 36.3 Å². The van der Waals surface area contributed by atoms with E-state index >= 15 is 0 Å². The summed E-state index contributed by atoms with van der Waals surface area (Å²) in [5, 5.41) is 6.09. The summed E-state index contributed by atoms with van der Waals surface area (Å²) < 4.78 is 7.17. The van der Waals surface area contributed by atoms with E-state index < -0.39 is 0 Å². The maximum atomic E-state index is 5.30. The van der Waals surface area contributed by atoms with Gasteiger partial charge in [-0.25, -0.2) is 9.97 Å². The van der Waals surface area contributed by atoms with Gasteiger partial charge in [-0.15, -0.1) is 11.3 Å². The molecule has 10 rings (SSSR count). The number of para-hydroxylation sites is 4. The SMILES string of the molecule is c1ccc2c(c1)nc(-n1c3ccccc3c3cc(-c4cccc5c4sc4ccccc45)ccc31)n1c3ccccc3nc21. The molecule has 0 aliphatic carbocycles. The van der Waals surface area contributed by atoms with Gasteiger partial charge >= 0.3 is 0 Å². The largest absolute Gasteiger partial charge is 0.279 e. The predicted octanol–water partition coefficient (Wildman–Crippen LogP) is 10.2. The molecule has 4 aromatic heterocycles. The average molecular weight is 567 g/mol. The third kappa shape index (κ3) is 3.14. The maximum absolute atomic E-state index is 5.30. The van der Waals surface area contributed by atoms with Gasteiger partial charge in [-0.2, -0.15) is 0 Å². The van der Waals surface area contributed by atoms with E-state index in [4.69, 9.17) is 9.97 Å². The van der Waals surface area contributed by atoms with Crippen molar-refractivity contribution in [2.75, 3.05) is 0 Å². The van der Waals surface area contributed by atoms with E-state index in [0.717, 1.165) is 44.6 Å². The van der Waals surface area contributed by atoms with Gasteiger partial charge in [0.2, 0.25) is 5.95 Å². The minimum absolute atomic E-state index is 0.841. The van der Waals surface area contributed by atoms with Crippen LogP contribution >= 0.6 is 11.3 Å². The number of rotatable bonds is 2. The van der Waals surface area contributed by atoms with Crippen molar-refractivity contribution in [1.29, 1.82) is 0 Å². The molecule has 0 fully saturated rings. The Morgan fingerprint density at radius 1 is 0.488 bits per heavy atom. The van der Waals surface area contributed by atoms with E-state index in [1.807, 2.05) is 23.5 Å². The van der Waals surface area contributed by atoms with E-state index in [2.05, 4.69) is 130 Å². The summed E-state index contributed by atoms with van der Waals surface area (Å²) in [5.74, 6) is 0.841. The van der Waals surface area contributed by atoms with Gasteiger partial charge in [0.1, 0.15) is 5.65 Å². The Bertz CT molecular complexity index is 2740. The van der Waals surface area contributed by atoms with Crippen LogP contribution in [0.1, 0.15) is 0 Å². The minimum atomic E-state index is 0.841. The lowest BCUT2D eigenvalue weighted by Crippen LogP contribution is -2.06. The third-order valence-electron chi connectivity index (χ3n) is 8.71. The quantitative estimate of drug-likeness (QED) is 0.209. The molecule has 200 valence electrons. The first kappa shape index (κ1) is 23.1. The molecular formula is C38H22N4S. The smallest absolute Gasteiger partial charge is 0.221 e. The molecular weight excluding hydrogens is 545 g/mol. The van der Waals surface area contributed by atoms with Crippen molar-refractivity contribution in [2.45, 2.75) is 0 Å². The van der Waals surface area contributed by atoms with Gasteiger partial charge < -0.3 is 0 Å². The summed E-state index contributed by atoms with van der Waals surface area (Å²) in [6.07, 6.45) is 0. The highest BCUT2D eigenvalue weighted by atomic mass is 32.1. The van der Waals surface area contributed by atoms with Crippen molar-refractivity contribution in [3.63, 3.8) is 0 Å². The van der Waals surface area contributed by atoms with Crippen LogP contribution in [0.2, 0.25) is 0 Å². The lowest BCUT2D eigenvalue weighted by molar-refractivity contribution is 0.979. The number of aromatic nitrogens is 4. The maximum Gasteiger partial charge on any atom is 0.221 e. The molecule has 0 saturated carbocycles. The van der Waals surface area contributed by atoms with E-state index in [1.54, 1.807) is 0 Å². The van der Waals surface area contributed by atoms with Crippen LogP contribution in [0.5, 0.6) is 0 Å². The van der Waals surface area contributed by atoms with Crippen LogP contribution in [0.3, 0.4) is 0 Å². The Balaban J connectivity index is 1.31. The normalized spacial score (nSPS) is 12.2. The zero-order valence-corrected chi connectivity index (χ0v) is 23.7. The van der Waals surface area contributed by atoms with E-state index in [9.17, 15) is 0 Å². The van der Waals surface area contributed by atoms with E-state index in [1.165, 1.54) is 42.1 Å². The molecule has 5 heteroatoms. The highest BCUT2D eigenvalue weighted by Gasteiger charge is 2.20. The minimum Gasteiger partial charge on any atom is -0.279 e. The molecule has 0 saturated heterocycles. The van der Waals surface area contributed by atoms with Crippen molar-refractivity contribution in [1.82, 2.24) is 18.9 Å². The number of benzene rings is 6. The van der Waals surface area contributed by atoms with Crippen molar-refractivity contribution in [3.05, 3.63) is 133 Å². The highest BCUT2D eigenvalue weighted by Crippen LogP contribution is 2.42. The molecule has 0 aliphatic rings. The molecule has 0 radical (unpaired) electrons. The fraction of sp³-hybridized carbons (Fsp3) is 0. The molecule has 0 amide bonds. The molecule has 0 atom stereocenters. The zero-order valence-electron chi connectivity index (χ0n) is 22.9. The number of hydrogen-bond donors (Lipinski definition) is 0. The number of nitrogens with zero attached hydrogens (tertiary/aromatic N) is 4. The van der Waals surface area contributed by atoms with Crippen molar-refractivity contribution < 1.29 is 0 Å². The first-order valence-electron chi connectivity index (χ1n) is 14.4. The second-order valence-corrected chi connectivity index (χ2v) is 12.1. The summed E-state index contributed by atoms with van der Waals surface area (Å²) in [6, 6.07) is 47.6. The number of fused-ring (bicyclic) bond motifs is 11. The topological polar surface area (TPSA) is 35.1 Å². The molecule has 0 N–H and O–H groups in total. The molecule has 43 heavy (non-hydrogen) atoms. The van der Waals surface area contributed by atoms with Gasteiger partial charge in [-0.05, 0) is 59.7 Å². The number of hydrogen-bond acceptors (Lipinski definition) is 3. The van der Waals surface area contributed by atoms with Crippen molar-refractivity contribution in [2.24, 2.45) is 0 Å². The monoisotopic (exact) mass is 566 g/mol. The predicted molar refractivity (Wildman–Crippen MR) is 181 cm³/mol. The average Bonchev–Trinajstić information content (AvgIpc) is 3.74. The summed E-state index contributed by atoms with van der Waals surface area (Å²) in [6.45, 7) is 0.